The highest BCUT2D eigenvalue weighted by molar-refractivity contribution is 7.83. The summed E-state index contributed by atoms with van der Waals surface area (Å²) in [6.07, 6.45) is 3.78. The number of carbonyl (C=O) groups is 1. The summed E-state index contributed by atoms with van der Waals surface area (Å²) in [5, 5.41) is 0. The van der Waals surface area contributed by atoms with E-state index in [0.29, 0.717) is 4.90 Å². The van der Waals surface area contributed by atoms with Crippen molar-refractivity contribution in [3.63, 3.8) is 0 Å². The van der Waals surface area contributed by atoms with Crippen LogP contribution in [-0.2, 0) is 20.5 Å². The Labute approximate surface area is 175 Å². The van der Waals surface area contributed by atoms with Crippen molar-refractivity contribution < 1.29 is 18.5 Å². The third-order valence-corrected chi connectivity index (χ3v) is 5.15. The van der Waals surface area contributed by atoms with E-state index in [4.69, 9.17) is 9.47 Å². The van der Waals surface area contributed by atoms with Crippen molar-refractivity contribution in [1.82, 2.24) is 4.72 Å². The molecule has 0 saturated heterocycles. The first kappa shape index (κ1) is 22.8. The molecule has 2 aromatic carbocycles. The van der Waals surface area contributed by atoms with Crippen LogP contribution in [0.15, 0.2) is 59.5 Å². The molecule has 0 aliphatic heterocycles. The second kappa shape index (κ2) is 10.4. The zero-order chi connectivity index (χ0) is 21.4. The molecule has 29 heavy (non-hydrogen) atoms. The largest absolute Gasteiger partial charge is 0.497 e. The van der Waals surface area contributed by atoms with Gasteiger partial charge in [-0.25, -0.2) is 8.93 Å². The van der Waals surface area contributed by atoms with Crippen LogP contribution in [0.1, 0.15) is 38.3 Å². The molecule has 2 aromatic rings. The number of methoxy groups -OCH3 is 1. The molecular weight excluding hydrogens is 386 g/mol. The van der Waals surface area contributed by atoms with Gasteiger partial charge >= 0.3 is 5.97 Å². The quantitative estimate of drug-likeness (QED) is 0.648. The number of carbonyl (C=O) groups excluding carboxylic acids is 1. The second-order valence-corrected chi connectivity index (χ2v) is 8.97. The summed E-state index contributed by atoms with van der Waals surface area (Å²) in [4.78, 5) is 13.0. The molecule has 2 rings (SSSR count). The smallest absolute Gasteiger partial charge is 0.308 e. The van der Waals surface area contributed by atoms with Gasteiger partial charge in [-0.1, -0.05) is 42.0 Å². The van der Waals surface area contributed by atoms with E-state index in [2.05, 4.69) is 4.72 Å². The average Bonchev–Trinajstić information content (AvgIpc) is 2.65. The number of benzene rings is 2. The maximum absolute atomic E-state index is 12.7. The Morgan fingerprint density at radius 3 is 2.28 bits per heavy atom. The second-order valence-electron chi connectivity index (χ2n) is 7.73. The summed E-state index contributed by atoms with van der Waals surface area (Å²) in [6, 6.07) is 14.5. The Morgan fingerprint density at radius 2 is 1.72 bits per heavy atom. The molecular formula is C23H29NO4S. The molecule has 1 N–H and O–H groups in total. The van der Waals surface area contributed by atoms with Crippen molar-refractivity contribution in [2.24, 2.45) is 0 Å². The molecule has 0 radical (unpaired) electrons. The molecule has 1 unspecified atom stereocenters. The molecule has 156 valence electrons. The Morgan fingerprint density at radius 1 is 1.10 bits per heavy atom. The van der Waals surface area contributed by atoms with Gasteiger partial charge in [-0.3, -0.25) is 4.79 Å². The number of hydrogen-bond acceptors (Lipinski definition) is 4. The zero-order valence-corrected chi connectivity index (χ0v) is 18.4. The highest BCUT2D eigenvalue weighted by Gasteiger charge is 2.20. The predicted molar refractivity (Wildman–Crippen MR) is 117 cm³/mol. The Balaban J connectivity index is 2.14. The Kier molecular flexibility index (Phi) is 8.17. The van der Waals surface area contributed by atoms with E-state index in [-0.39, 0.29) is 12.4 Å². The molecule has 0 aliphatic carbocycles. The Bertz CT molecular complexity index is 852. The van der Waals surface area contributed by atoms with E-state index in [0.717, 1.165) is 16.9 Å². The summed E-state index contributed by atoms with van der Waals surface area (Å²) in [6.45, 7) is 7.45. The molecule has 0 aliphatic rings. The van der Waals surface area contributed by atoms with Gasteiger partial charge in [-0.15, -0.1) is 0 Å². The fraction of sp³-hybridized carbons (Fsp3) is 0.348. The molecule has 0 aromatic heterocycles. The lowest BCUT2D eigenvalue weighted by Crippen LogP contribution is -2.34. The Hall–Kier alpha value is -2.44. The summed E-state index contributed by atoms with van der Waals surface area (Å²) >= 11 is 0. The number of hydrogen-bond donors (Lipinski definition) is 1. The van der Waals surface area contributed by atoms with Crippen molar-refractivity contribution in [2.75, 3.05) is 7.11 Å². The fourth-order valence-electron chi connectivity index (χ4n) is 2.52. The maximum Gasteiger partial charge on any atom is 0.308 e. The normalized spacial score (nSPS) is 13.8. The number of esters is 1. The van der Waals surface area contributed by atoms with Crippen LogP contribution >= 0.6 is 0 Å². The van der Waals surface area contributed by atoms with Crippen molar-refractivity contribution in [3.8, 4) is 5.75 Å². The highest BCUT2D eigenvalue weighted by atomic mass is 32.2. The van der Waals surface area contributed by atoms with Gasteiger partial charge in [0.1, 0.15) is 22.3 Å². The van der Waals surface area contributed by atoms with Crippen LogP contribution in [0.2, 0.25) is 0 Å². The number of nitrogens with one attached hydrogen (secondary N) is 1. The minimum Gasteiger partial charge on any atom is -0.497 e. The van der Waals surface area contributed by atoms with Crippen LogP contribution in [0.25, 0.3) is 6.08 Å². The summed E-state index contributed by atoms with van der Waals surface area (Å²) in [5.74, 6) is 0.418. The molecule has 0 spiro atoms. The molecule has 0 amide bonds. The molecule has 6 heteroatoms. The average molecular weight is 416 g/mol. The first-order valence-electron chi connectivity index (χ1n) is 9.45. The first-order valence-corrected chi connectivity index (χ1v) is 10.6. The maximum atomic E-state index is 12.7. The van der Waals surface area contributed by atoms with Crippen LogP contribution in [0.5, 0.6) is 5.75 Å². The molecule has 5 nitrogen and oxygen atoms in total. The molecule has 0 saturated carbocycles. The van der Waals surface area contributed by atoms with E-state index in [1.54, 1.807) is 7.11 Å². The topological polar surface area (TPSA) is 64.6 Å². The first-order chi connectivity index (χ1) is 13.7. The van der Waals surface area contributed by atoms with Gasteiger partial charge in [0.15, 0.2) is 0 Å². The van der Waals surface area contributed by atoms with Gasteiger partial charge < -0.3 is 9.47 Å². The summed E-state index contributed by atoms with van der Waals surface area (Å²) < 4.78 is 26.3. The summed E-state index contributed by atoms with van der Waals surface area (Å²) in [7, 11) is 0.164. The van der Waals surface area contributed by atoms with E-state index < -0.39 is 22.6 Å². The molecule has 0 fully saturated rings. The highest BCUT2D eigenvalue weighted by Crippen LogP contribution is 2.15. The van der Waals surface area contributed by atoms with Crippen LogP contribution in [0, 0.1) is 6.92 Å². The number of rotatable bonds is 8. The van der Waals surface area contributed by atoms with Crippen molar-refractivity contribution in [3.05, 3.63) is 65.7 Å². The standard InChI is InChI=1S/C23H29NO4S/c1-17-6-14-21(15-7-17)29(26)24-19(16-22(25)28-23(2,3)4)11-8-18-9-12-20(27-5)13-10-18/h6-15,19,24H,16H2,1-5H3/b11-8+/t19-,29?/m0/s1. The number of ether oxygens (including phenoxy) is 2. The minimum atomic E-state index is -1.45. The van der Waals surface area contributed by atoms with Crippen LogP contribution < -0.4 is 9.46 Å². The third kappa shape index (κ3) is 8.21. The zero-order valence-electron chi connectivity index (χ0n) is 17.6. The molecule has 2 atom stereocenters. The van der Waals surface area contributed by atoms with Gasteiger partial charge in [0.25, 0.3) is 0 Å². The molecule has 0 heterocycles. The monoisotopic (exact) mass is 415 g/mol. The fourth-order valence-corrected chi connectivity index (χ4v) is 3.48. The summed E-state index contributed by atoms with van der Waals surface area (Å²) in [5.41, 5.74) is 1.47. The lowest BCUT2D eigenvalue weighted by molar-refractivity contribution is -0.155. The van der Waals surface area contributed by atoms with E-state index in [1.807, 2.05) is 88.4 Å². The van der Waals surface area contributed by atoms with Crippen molar-refractivity contribution >= 4 is 23.0 Å². The van der Waals surface area contributed by atoms with Gasteiger partial charge in [0.05, 0.1) is 18.4 Å². The predicted octanol–water partition coefficient (Wildman–Crippen LogP) is 4.43. The van der Waals surface area contributed by atoms with Gasteiger partial charge in [-0.05, 0) is 57.5 Å². The van der Waals surface area contributed by atoms with Crippen molar-refractivity contribution in [1.29, 1.82) is 0 Å². The van der Waals surface area contributed by atoms with Gasteiger partial charge in [0, 0.05) is 6.04 Å². The lowest BCUT2D eigenvalue weighted by atomic mass is 10.1. The van der Waals surface area contributed by atoms with Crippen molar-refractivity contribution in [2.45, 2.75) is 50.7 Å². The van der Waals surface area contributed by atoms with Crippen LogP contribution in [-0.4, -0.2) is 28.9 Å². The molecule has 0 bridgehead atoms. The van der Waals surface area contributed by atoms with Gasteiger partial charge in [0.2, 0.25) is 0 Å². The number of aryl methyl sites for hydroxylation is 1. The van der Waals surface area contributed by atoms with Gasteiger partial charge in [-0.2, -0.15) is 0 Å². The van der Waals surface area contributed by atoms with E-state index >= 15 is 0 Å². The van der Waals surface area contributed by atoms with E-state index in [9.17, 15) is 9.00 Å². The third-order valence-electron chi connectivity index (χ3n) is 3.94. The van der Waals surface area contributed by atoms with E-state index in [1.165, 1.54) is 0 Å². The SMILES string of the molecule is COc1ccc(/C=C/[C@@H](CC(=O)OC(C)(C)C)NS(=O)c2ccc(C)cc2)cc1. The van der Waals surface area contributed by atoms with Crippen LogP contribution in [0.4, 0.5) is 0 Å². The lowest BCUT2D eigenvalue weighted by Gasteiger charge is -2.21. The minimum absolute atomic E-state index is 0.0710. The van der Waals surface area contributed by atoms with Crippen LogP contribution in [0.3, 0.4) is 0 Å².